The van der Waals surface area contributed by atoms with E-state index in [0.29, 0.717) is 23.9 Å². The third-order valence-corrected chi connectivity index (χ3v) is 2.64. The van der Waals surface area contributed by atoms with Crippen molar-refractivity contribution in [3.63, 3.8) is 0 Å². The van der Waals surface area contributed by atoms with Crippen molar-refractivity contribution in [1.82, 2.24) is 9.97 Å². The Morgan fingerprint density at radius 1 is 1.16 bits per heavy atom. The molecule has 0 fully saturated rings. The minimum absolute atomic E-state index is 0.388. The van der Waals surface area contributed by atoms with Crippen LogP contribution in [0, 0.1) is 0 Å². The Hall–Kier alpha value is -2.54. The molecule has 7 heteroatoms. The summed E-state index contributed by atoms with van der Waals surface area (Å²) in [6.45, 7) is 0.592. The molecular weight excluding hydrogens is 244 g/mol. The number of benzene rings is 1. The van der Waals surface area contributed by atoms with Crippen LogP contribution >= 0.6 is 0 Å². The molecule has 0 atom stereocenters. The highest BCUT2D eigenvalue weighted by Gasteiger charge is 2.06. The normalized spacial score (nSPS) is 10.0. The second-order valence-corrected chi connectivity index (χ2v) is 3.83. The number of nitrogens with two attached hydrogens (primary N) is 2. The number of nitrogens with one attached hydrogen (secondary N) is 2. The molecule has 1 aromatic carbocycles. The Labute approximate surface area is 111 Å². The van der Waals surface area contributed by atoms with Crippen molar-refractivity contribution in [1.29, 1.82) is 0 Å². The van der Waals surface area contributed by atoms with Crippen LogP contribution < -0.4 is 27.1 Å². The van der Waals surface area contributed by atoms with Crippen LogP contribution in [0.5, 0.6) is 5.75 Å². The van der Waals surface area contributed by atoms with Crippen molar-refractivity contribution < 1.29 is 4.74 Å². The predicted octanol–water partition coefficient (Wildman–Crippen LogP) is 0.965. The summed E-state index contributed by atoms with van der Waals surface area (Å²) in [7, 11) is 1.64. The minimum atomic E-state index is 0.388. The summed E-state index contributed by atoms with van der Waals surface area (Å²) >= 11 is 0. The van der Waals surface area contributed by atoms with Gasteiger partial charge >= 0.3 is 0 Å². The van der Waals surface area contributed by atoms with Crippen LogP contribution in [-0.4, -0.2) is 17.1 Å². The van der Waals surface area contributed by atoms with Gasteiger partial charge < -0.3 is 21.2 Å². The molecule has 0 aliphatic heterocycles. The molecule has 0 radical (unpaired) electrons. The van der Waals surface area contributed by atoms with Crippen molar-refractivity contribution in [2.24, 2.45) is 5.84 Å². The van der Waals surface area contributed by atoms with Gasteiger partial charge in [0.1, 0.15) is 17.8 Å². The summed E-state index contributed by atoms with van der Waals surface area (Å²) in [4.78, 5) is 7.97. The first-order chi connectivity index (χ1) is 9.24. The van der Waals surface area contributed by atoms with Crippen LogP contribution in [0.25, 0.3) is 0 Å². The van der Waals surface area contributed by atoms with Gasteiger partial charge in [-0.1, -0.05) is 12.1 Å². The molecule has 2 rings (SSSR count). The molecular formula is C12H16N6O. The van der Waals surface area contributed by atoms with Crippen molar-refractivity contribution in [3.05, 3.63) is 36.2 Å². The zero-order valence-corrected chi connectivity index (χ0v) is 10.6. The van der Waals surface area contributed by atoms with Crippen molar-refractivity contribution in [2.45, 2.75) is 6.54 Å². The van der Waals surface area contributed by atoms with E-state index in [1.165, 1.54) is 6.33 Å². The molecule has 0 saturated heterocycles. The number of nitrogens with zero attached hydrogens (tertiary/aromatic N) is 2. The number of hydrazine groups is 1. The van der Waals surface area contributed by atoms with Gasteiger partial charge in [-0.25, -0.2) is 15.8 Å². The lowest BCUT2D eigenvalue weighted by Gasteiger charge is -2.10. The quantitative estimate of drug-likeness (QED) is 0.468. The van der Waals surface area contributed by atoms with Crippen LogP contribution in [0.2, 0.25) is 0 Å². The lowest BCUT2D eigenvalue weighted by Crippen LogP contribution is -2.13. The van der Waals surface area contributed by atoms with Crippen LogP contribution in [0.15, 0.2) is 30.6 Å². The number of methoxy groups -OCH3 is 1. The van der Waals surface area contributed by atoms with Crippen molar-refractivity contribution in [2.75, 3.05) is 23.6 Å². The highest BCUT2D eigenvalue weighted by Crippen LogP contribution is 2.22. The summed E-state index contributed by atoms with van der Waals surface area (Å²) < 4.78 is 5.10. The number of hydrogen-bond acceptors (Lipinski definition) is 7. The molecule has 0 unspecified atom stereocenters. The fourth-order valence-electron chi connectivity index (χ4n) is 1.58. The van der Waals surface area contributed by atoms with Crippen molar-refractivity contribution >= 4 is 17.3 Å². The van der Waals surface area contributed by atoms with Gasteiger partial charge in [0.2, 0.25) is 0 Å². The smallest absolute Gasteiger partial charge is 0.168 e. The molecule has 0 saturated carbocycles. The molecule has 0 aliphatic rings. The third kappa shape index (κ3) is 3.02. The zero-order chi connectivity index (χ0) is 13.7. The summed E-state index contributed by atoms with van der Waals surface area (Å²) in [6.07, 6.45) is 1.39. The highest BCUT2D eigenvalue weighted by molar-refractivity contribution is 5.73. The predicted molar refractivity (Wildman–Crippen MR) is 74.6 cm³/mol. The Kier molecular flexibility index (Phi) is 3.99. The van der Waals surface area contributed by atoms with E-state index in [1.807, 2.05) is 24.3 Å². The Bertz CT molecular complexity index is 542. The Balaban J connectivity index is 2.05. The second kappa shape index (κ2) is 5.87. The summed E-state index contributed by atoms with van der Waals surface area (Å²) in [5.74, 6) is 7.05. The molecule has 100 valence electrons. The molecule has 1 aromatic heterocycles. The average molecular weight is 260 g/mol. The standard InChI is InChI=1S/C12H16N6O/c1-19-9-4-2-8(3-5-9)6-15-11-10(13)12(18-14)17-7-16-11/h2-5,7H,6,13-14H2,1H3,(H2,15,16,17,18). The van der Waals surface area contributed by atoms with Gasteiger partial charge in [0, 0.05) is 6.54 Å². The van der Waals surface area contributed by atoms with E-state index < -0.39 is 0 Å². The summed E-state index contributed by atoms with van der Waals surface area (Å²) in [6, 6.07) is 7.72. The zero-order valence-electron chi connectivity index (χ0n) is 10.6. The fraction of sp³-hybridized carbons (Fsp3) is 0.167. The molecule has 7 nitrogen and oxygen atoms in total. The van der Waals surface area contributed by atoms with Gasteiger partial charge in [-0.05, 0) is 17.7 Å². The first kappa shape index (κ1) is 12.9. The van der Waals surface area contributed by atoms with E-state index in [9.17, 15) is 0 Å². The van der Waals surface area contributed by atoms with Gasteiger partial charge in [-0.2, -0.15) is 0 Å². The number of nitrogen functional groups attached to an aromatic ring is 2. The SMILES string of the molecule is COc1ccc(CNc2ncnc(NN)c2N)cc1. The first-order valence-electron chi connectivity index (χ1n) is 5.68. The maximum atomic E-state index is 5.85. The van der Waals surface area contributed by atoms with Gasteiger partial charge in [0.05, 0.1) is 7.11 Å². The molecule has 1 heterocycles. The largest absolute Gasteiger partial charge is 0.497 e. The number of ether oxygens (including phenoxy) is 1. The van der Waals surface area contributed by atoms with E-state index in [4.69, 9.17) is 16.3 Å². The molecule has 2 aromatic rings. The van der Waals surface area contributed by atoms with E-state index in [1.54, 1.807) is 7.11 Å². The van der Waals surface area contributed by atoms with Gasteiger partial charge in [0.25, 0.3) is 0 Å². The van der Waals surface area contributed by atoms with Gasteiger partial charge in [-0.3, -0.25) is 0 Å². The van der Waals surface area contributed by atoms with E-state index in [-0.39, 0.29) is 0 Å². The fourth-order valence-corrected chi connectivity index (χ4v) is 1.58. The lowest BCUT2D eigenvalue weighted by molar-refractivity contribution is 0.414. The average Bonchev–Trinajstić information content (AvgIpc) is 2.47. The molecule has 19 heavy (non-hydrogen) atoms. The summed E-state index contributed by atoms with van der Waals surface area (Å²) in [5, 5.41) is 3.13. The van der Waals surface area contributed by atoms with Gasteiger partial charge in [0.15, 0.2) is 11.6 Å². The van der Waals surface area contributed by atoms with Gasteiger partial charge in [-0.15, -0.1) is 0 Å². The molecule has 0 bridgehead atoms. The van der Waals surface area contributed by atoms with Crippen molar-refractivity contribution in [3.8, 4) is 5.75 Å². The van der Waals surface area contributed by atoms with E-state index in [2.05, 4.69) is 20.7 Å². The Morgan fingerprint density at radius 2 is 1.84 bits per heavy atom. The number of aromatic nitrogens is 2. The van der Waals surface area contributed by atoms with Crippen LogP contribution in [-0.2, 0) is 6.54 Å². The lowest BCUT2D eigenvalue weighted by atomic mass is 10.2. The first-order valence-corrected chi connectivity index (χ1v) is 5.68. The molecule has 0 aliphatic carbocycles. The van der Waals surface area contributed by atoms with Crippen LogP contribution in [0.3, 0.4) is 0 Å². The number of rotatable bonds is 5. The molecule has 0 amide bonds. The second-order valence-electron chi connectivity index (χ2n) is 3.83. The molecule has 6 N–H and O–H groups in total. The minimum Gasteiger partial charge on any atom is -0.497 e. The summed E-state index contributed by atoms with van der Waals surface area (Å²) in [5.41, 5.74) is 9.74. The van der Waals surface area contributed by atoms with E-state index >= 15 is 0 Å². The van der Waals surface area contributed by atoms with Crippen LogP contribution in [0.4, 0.5) is 17.3 Å². The number of anilines is 3. The topological polar surface area (TPSA) is 111 Å². The van der Waals surface area contributed by atoms with Crippen LogP contribution in [0.1, 0.15) is 5.56 Å². The monoisotopic (exact) mass is 260 g/mol. The highest BCUT2D eigenvalue weighted by atomic mass is 16.5. The number of hydrogen-bond donors (Lipinski definition) is 4. The maximum Gasteiger partial charge on any atom is 0.168 e. The molecule has 0 spiro atoms. The third-order valence-electron chi connectivity index (χ3n) is 2.64. The van der Waals surface area contributed by atoms with E-state index in [0.717, 1.165) is 11.3 Å². The Morgan fingerprint density at radius 3 is 2.47 bits per heavy atom. The maximum absolute atomic E-state index is 5.85.